The first-order chi connectivity index (χ1) is 16.9. The number of rotatable bonds is 2. The first-order valence-corrected chi connectivity index (χ1v) is 11.9. The Labute approximate surface area is 215 Å². The summed E-state index contributed by atoms with van der Waals surface area (Å²) in [4.78, 5) is 62.9. The van der Waals surface area contributed by atoms with Crippen molar-refractivity contribution in [2.24, 2.45) is 17.8 Å². The third kappa shape index (κ3) is 2.82. The largest absolute Gasteiger partial charge is 0.508 e. The number of likely N-dealkylation sites (tertiary alicyclic amines) is 2. The molecule has 1 N–H and O–H groups in total. The van der Waals surface area contributed by atoms with Gasteiger partial charge in [-0.2, -0.15) is 4.90 Å². The maximum Gasteiger partial charge on any atom is 0.423 e. The van der Waals surface area contributed by atoms with E-state index in [0.717, 1.165) is 12.0 Å². The van der Waals surface area contributed by atoms with E-state index in [2.05, 4.69) is 4.74 Å². The zero-order chi connectivity index (χ0) is 26.3. The number of methoxy groups -OCH3 is 2. The summed E-state index contributed by atoms with van der Waals surface area (Å²) in [5.74, 6) is -6.48. The molecular formula is C24H22Cl2N2O8. The van der Waals surface area contributed by atoms with Gasteiger partial charge in [0.25, 0.3) is 11.8 Å². The minimum Gasteiger partial charge on any atom is -0.508 e. The van der Waals surface area contributed by atoms with Crippen molar-refractivity contribution in [3.8, 4) is 11.5 Å². The van der Waals surface area contributed by atoms with Gasteiger partial charge in [0, 0.05) is 24.6 Å². The Morgan fingerprint density at radius 3 is 2.42 bits per heavy atom. The number of aromatic hydroxyl groups is 1. The Hall–Kier alpha value is -3.11. The van der Waals surface area contributed by atoms with Gasteiger partial charge in [0.15, 0.2) is 9.75 Å². The van der Waals surface area contributed by atoms with Gasteiger partial charge in [-0.05, 0) is 24.8 Å². The van der Waals surface area contributed by atoms with Crippen molar-refractivity contribution in [1.29, 1.82) is 0 Å². The highest BCUT2D eigenvalue weighted by Crippen LogP contribution is 2.66. The summed E-state index contributed by atoms with van der Waals surface area (Å²) in [5, 5.41) is 10.0. The van der Waals surface area contributed by atoms with Crippen LogP contribution < -0.4 is 4.74 Å². The van der Waals surface area contributed by atoms with Gasteiger partial charge < -0.3 is 14.6 Å². The van der Waals surface area contributed by atoms with Crippen LogP contribution in [0, 0.1) is 17.8 Å². The molecule has 5 amide bonds. The summed E-state index contributed by atoms with van der Waals surface area (Å²) >= 11 is 14.1. The number of carbonyl (C=O) groups is 5. The van der Waals surface area contributed by atoms with E-state index >= 15 is 0 Å². The second-order valence-electron chi connectivity index (χ2n) is 9.41. The van der Waals surface area contributed by atoms with Gasteiger partial charge in [0.1, 0.15) is 11.5 Å². The number of carbonyl (C=O) groups excluding carboxylic acids is 5. The maximum absolute atomic E-state index is 13.5. The van der Waals surface area contributed by atoms with Crippen molar-refractivity contribution < 1.29 is 38.6 Å². The topological polar surface area (TPSA) is 131 Å². The first-order valence-electron chi connectivity index (χ1n) is 11.2. The highest BCUT2D eigenvalue weighted by molar-refractivity contribution is 6.53. The van der Waals surface area contributed by atoms with Crippen molar-refractivity contribution in [3.63, 3.8) is 0 Å². The summed E-state index contributed by atoms with van der Waals surface area (Å²) in [6, 6.07) is 4.25. The van der Waals surface area contributed by atoms with E-state index in [1.807, 2.05) is 0 Å². The summed E-state index contributed by atoms with van der Waals surface area (Å²) in [5.41, 5.74) is 0.915. The van der Waals surface area contributed by atoms with Gasteiger partial charge in [-0.15, -0.1) is 23.2 Å². The molecule has 0 radical (unpaired) electrons. The van der Waals surface area contributed by atoms with Crippen molar-refractivity contribution >= 4 is 52.9 Å². The molecule has 12 heteroatoms. The number of amides is 5. The van der Waals surface area contributed by atoms with Crippen LogP contribution in [0.4, 0.5) is 4.79 Å². The summed E-state index contributed by atoms with van der Waals surface area (Å²) < 4.78 is 10.1. The fourth-order valence-electron chi connectivity index (χ4n) is 6.30. The number of ether oxygens (including phenoxy) is 2. The molecule has 2 heterocycles. The van der Waals surface area contributed by atoms with Crippen LogP contribution in [0.3, 0.4) is 0 Å². The summed E-state index contributed by atoms with van der Waals surface area (Å²) in [6.07, 6.45) is 0.537. The van der Waals surface area contributed by atoms with Crippen LogP contribution in [0.1, 0.15) is 24.3 Å². The molecule has 10 nitrogen and oxygen atoms in total. The lowest BCUT2D eigenvalue weighted by molar-refractivity contribution is -0.139. The minimum absolute atomic E-state index is 0.0994. The van der Waals surface area contributed by atoms with Gasteiger partial charge in [-0.25, -0.2) is 4.79 Å². The van der Waals surface area contributed by atoms with Crippen molar-refractivity contribution in [3.05, 3.63) is 35.4 Å². The van der Waals surface area contributed by atoms with Crippen LogP contribution in [0.25, 0.3) is 0 Å². The van der Waals surface area contributed by atoms with Gasteiger partial charge in [-0.3, -0.25) is 24.1 Å². The Balaban J connectivity index is 1.74. The lowest BCUT2D eigenvalue weighted by atomic mass is 9.56. The van der Waals surface area contributed by atoms with E-state index in [9.17, 15) is 29.1 Å². The zero-order valence-corrected chi connectivity index (χ0v) is 21.0. The Kier molecular flexibility index (Phi) is 5.42. The molecule has 190 valence electrons. The van der Waals surface area contributed by atoms with Gasteiger partial charge >= 0.3 is 6.09 Å². The third-order valence-electron chi connectivity index (χ3n) is 7.90. The molecule has 4 aliphatic rings. The number of phenols is 1. The number of fused-ring (bicyclic) bond motifs is 4. The van der Waals surface area contributed by atoms with Crippen LogP contribution in [0.5, 0.6) is 11.5 Å². The number of benzene rings is 1. The van der Waals surface area contributed by atoms with Gasteiger partial charge in [0.2, 0.25) is 11.8 Å². The van der Waals surface area contributed by atoms with Crippen molar-refractivity contribution in [2.75, 3.05) is 21.3 Å². The predicted molar refractivity (Wildman–Crippen MR) is 124 cm³/mol. The number of hydrogen-bond acceptors (Lipinski definition) is 8. The molecule has 2 aliphatic heterocycles. The molecule has 1 aromatic rings. The van der Waals surface area contributed by atoms with E-state index in [4.69, 9.17) is 27.9 Å². The number of alkyl halides is 2. The molecular weight excluding hydrogens is 515 g/mol. The zero-order valence-electron chi connectivity index (χ0n) is 19.5. The second kappa shape index (κ2) is 7.94. The van der Waals surface area contributed by atoms with Crippen LogP contribution in [0.15, 0.2) is 29.8 Å². The minimum atomic E-state index is -1.98. The SMILES string of the molecule is COC(=O)N1C(=O)C2CC=C3C(CC4(Cl)C(=O)N(C)C(=O)C4(Cl)C3c3ccc(O)cc3OC)C2C1=O. The normalized spacial score (nSPS) is 35.3. The second-order valence-corrected chi connectivity index (χ2v) is 10.6. The van der Waals surface area contributed by atoms with E-state index < -0.39 is 63.1 Å². The van der Waals surface area contributed by atoms with E-state index in [0.29, 0.717) is 16.0 Å². The Morgan fingerprint density at radius 2 is 1.78 bits per heavy atom. The molecule has 5 rings (SSSR count). The van der Waals surface area contributed by atoms with Crippen LogP contribution in [0.2, 0.25) is 0 Å². The van der Waals surface area contributed by atoms with E-state index in [-0.39, 0.29) is 24.3 Å². The molecule has 1 saturated carbocycles. The average Bonchev–Trinajstić information content (AvgIpc) is 3.19. The fourth-order valence-corrected chi connectivity index (χ4v) is 7.31. The van der Waals surface area contributed by atoms with Gasteiger partial charge in [0.05, 0.1) is 26.1 Å². The standard InChI is InChI=1S/C24H22Cl2N2O8/c1-27-20(32)23(25)9-14-11(6-7-13-16(14)19(31)28(18(13)30)22(34)36-3)17(24(23,26)21(27)33)12-5-4-10(29)8-15(12)35-2/h4-6,8,13-14,16-17,29H,7,9H2,1-3H3. The number of imide groups is 4. The maximum atomic E-state index is 13.5. The fraction of sp³-hybridized carbons (Fsp3) is 0.458. The summed E-state index contributed by atoms with van der Waals surface area (Å²) in [6.45, 7) is 0. The average molecular weight is 537 g/mol. The molecule has 6 unspecified atom stereocenters. The van der Waals surface area contributed by atoms with Crippen LogP contribution >= 0.6 is 23.2 Å². The number of nitrogens with zero attached hydrogens (tertiary/aromatic N) is 2. The lowest BCUT2D eigenvalue weighted by Crippen LogP contribution is -2.60. The third-order valence-corrected chi connectivity index (χ3v) is 9.31. The molecule has 2 aliphatic carbocycles. The highest BCUT2D eigenvalue weighted by atomic mass is 35.5. The Bertz CT molecular complexity index is 1280. The predicted octanol–water partition coefficient (Wildman–Crippen LogP) is 2.16. The monoisotopic (exact) mass is 536 g/mol. The van der Waals surface area contributed by atoms with Crippen molar-refractivity contribution in [1.82, 2.24) is 9.80 Å². The van der Waals surface area contributed by atoms with E-state index in [1.54, 1.807) is 6.08 Å². The molecule has 0 bridgehead atoms. The van der Waals surface area contributed by atoms with E-state index in [1.165, 1.54) is 32.4 Å². The molecule has 0 spiro atoms. The molecule has 0 aromatic heterocycles. The van der Waals surface area contributed by atoms with Crippen LogP contribution in [-0.2, 0) is 23.9 Å². The smallest absolute Gasteiger partial charge is 0.423 e. The highest BCUT2D eigenvalue weighted by Gasteiger charge is 2.76. The number of allylic oxidation sites excluding steroid dienone is 2. The molecule has 3 fully saturated rings. The number of phenolic OH excluding ortho intramolecular Hbond substituents is 1. The lowest BCUT2D eigenvalue weighted by Gasteiger charge is -2.50. The molecule has 1 aromatic carbocycles. The Morgan fingerprint density at radius 1 is 1.08 bits per heavy atom. The number of hydrogen-bond donors (Lipinski definition) is 1. The molecule has 6 atom stereocenters. The first kappa shape index (κ1) is 24.6. The van der Waals surface area contributed by atoms with Gasteiger partial charge in [-0.1, -0.05) is 17.7 Å². The molecule has 36 heavy (non-hydrogen) atoms. The van der Waals surface area contributed by atoms with Crippen molar-refractivity contribution in [2.45, 2.75) is 28.5 Å². The quantitative estimate of drug-likeness (QED) is 0.345. The number of halogens is 2. The summed E-state index contributed by atoms with van der Waals surface area (Å²) in [7, 11) is 3.73. The van der Waals surface area contributed by atoms with Crippen LogP contribution in [-0.4, -0.2) is 75.6 Å². The molecule has 2 saturated heterocycles.